The van der Waals surface area contributed by atoms with Crippen LogP contribution < -0.4 is 5.73 Å². The Balaban J connectivity index is 1.58. The van der Waals surface area contributed by atoms with Crippen molar-refractivity contribution in [3.8, 4) is 0 Å². The van der Waals surface area contributed by atoms with E-state index in [4.69, 9.17) is 10.5 Å². The molecule has 1 fully saturated rings. The minimum Gasteiger partial charge on any atom is -0.381 e. The summed E-state index contributed by atoms with van der Waals surface area (Å²) >= 11 is 0. The second-order valence-electron chi connectivity index (χ2n) is 7.15. The van der Waals surface area contributed by atoms with E-state index >= 15 is 0 Å². The third kappa shape index (κ3) is 3.58. The molecule has 25 heavy (non-hydrogen) atoms. The minimum atomic E-state index is -0.389. The van der Waals surface area contributed by atoms with Crippen LogP contribution >= 0.6 is 0 Å². The van der Waals surface area contributed by atoms with Gasteiger partial charge in [-0.3, -0.25) is 4.79 Å². The molecule has 1 saturated heterocycles. The Morgan fingerprint density at radius 2 is 2.04 bits per heavy atom. The molecule has 0 spiro atoms. The number of nitrogens with zero attached hydrogens (tertiary/aromatic N) is 3. The molecule has 2 heterocycles. The fourth-order valence-electron chi connectivity index (χ4n) is 4.00. The molecule has 4 rings (SSSR count). The van der Waals surface area contributed by atoms with E-state index in [1.807, 2.05) is 4.68 Å². The highest BCUT2D eigenvalue weighted by Crippen LogP contribution is 2.31. The van der Waals surface area contributed by atoms with E-state index in [1.54, 1.807) is 0 Å². The average Bonchev–Trinajstić information content (AvgIpc) is 3.19. The number of ether oxygens (including phenoxy) is 1. The zero-order valence-electron chi connectivity index (χ0n) is 14.4. The first kappa shape index (κ1) is 16.3. The van der Waals surface area contributed by atoms with Gasteiger partial charge >= 0.3 is 0 Å². The van der Waals surface area contributed by atoms with Crippen molar-refractivity contribution >= 4 is 5.91 Å². The highest BCUT2D eigenvalue weighted by atomic mass is 16.5. The summed E-state index contributed by atoms with van der Waals surface area (Å²) in [6.07, 6.45) is 5.12. The molecule has 1 amide bonds. The molecular weight excluding hydrogens is 316 g/mol. The first-order valence-corrected chi connectivity index (χ1v) is 9.06. The van der Waals surface area contributed by atoms with Crippen molar-refractivity contribution in [1.82, 2.24) is 14.8 Å². The van der Waals surface area contributed by atoms with Crippen molar-refractivity contribution in [2.24, 2.45) is 11.7 Å². The summed E-state index contributed by atoms with van der Waals surface area (Å²) in [5.41, 5.74) is 8.10. The maximum absolute atomic E-state index is 11.3. The van der Waals surface area contributed by atoms with Gasteiger partial charge in [-0.2, -0.15) is 5.10 Å². The Kier molecular flexibility index (Phi) is 4.53. The summed E-state index contributed by atoms with van der Waals surface area (Å²) in [7, 11) is 0. The summed E-state index contributed by atoms with van der Waals surface area (Å²) in [6.45, 7) is 1.64. The quantitative estimate of drug-likeness (QED) is 0.896. The number of rotatable bonds is 5. The van der Waals surface area contributed by atoms with Gasteiger partial charge in [-0.05, 0) is 42.7 Å². The van der Waals surface area contributed by atoms with Crippen molar-refractivity contribution in [2.45, 2.75) is 44.6 Å². The van der Waals surface area contributed by atoms with Gasteiger partial charge in [0, 0.05) is 19.6 Å². The van der Waals surface area contributed by atoms with E-state index in [9.17, 15) is 4.79 Å². The van der Waals surface area contributed by atoms with E-state index in [0.29, 0.717) is 11.7 Å². The van der Waals surface area contributed by atoms with Gasteiger partial charge in [0.2, 0.25) is 5.91 Å². The van der Waals surface area contributed by atoms with Crippen LogP contribution in [0.25, 0.3) is 0 Å². The van der Waals surface area contributed by atoms with E-state index in [1.165, 1.54) is 11.1 Å². The molecule has 1 aliphatic heterocycles. The summed E-state index contributed by atoms with van der Waals surface area (Å²) in [5, 5.41) is 4.64. The summed E-state index contributed by atoms with van der Waals surface area (Å²) in [6, 6.07) is 8.81. The second-order valence-corrected chi connectivity index (χ2v) is 7.15. The average molecular weight is 340 g/mol. The Morgan fingerprint density at radius 3 is 2.68 bits per heavy atom. The predicted molar refractivity (Wildman–Crippen MR) is 93.1 cm³/mol. The van der Waals surface area contributed by atoms with Crippen molar-refractivity contribution in [3.05, 3.63) is 47.0 Å². The maximum Gasteiger partial charge on any atom is 0.225 e. The zero-order valence-corrected chi connectivity index (χ0v) is 14.4. The number of carbonyl (C=O) groups excluding carboxylic acids is 1. The molecule has 2 N–H and O–H groups in total. The van der Waals surface area contributed by atoms with Crippen LogP contribution in [0.4, 0.5) is 0 Å². The topological polar surface area (TPSA) is 83.0 Å². The van der Waals surface area contributed by atoms with Crippen LogP contribution in [0.2, 0.25) is 0 Å². The lowest BCUT2D eigenvalue weighted by atomic mass is 9.98. The van der Waals surface area contributed by atoms with Crippen LogP contribution in [0, 0.1) is 5.92 Å². The van der Waals surface area contributed by atoms with Crippen LogP contribution in [-0.4, -0.2) is 33.9 Å². The zero-order chi connectivity index (χ0) is 17.2. The molecule has 1 aromatic carbocycles. The summed E-state index contributed by atoms with van der Waals surface area (Å²) in [5.74, 6) is 1.58. The third-order valence-electron chi connectivity index (χ3n) is 5.18. The molecule has 1 aliphatic carbocycles. The van der Waals surface area contributed by atoms with Crippen LogP contribution in [0.3, 0.4) is 0 Å². The molecule has 6 nitrogen and oxygen atoms in total. The molecule has 0 radical (unpaired) electrons. The van der Waals surface area contributed by atoms with E-state index < -0.39 is 0 Å². The highest BCUT2D eigenvalue weighted by Gasteiger charge is 2.28. The molecule has 2 aliphatic rings. The van der Waals surface area contributed by atoms with Crippen LogP contribution in [-0.2, 0) is 35.2 Å². The predicted octanol–water partition coefficient (Wildman–Crippen LogP) is 1.61. The normalized spacial score (nSPS) is 20.6. The van der Waals surface area contributed by atoms with E-state index in [2.05, 4.69) is 34.3 Å². The van der Waals surface area contributed by atoms with Gasteiger partial charge in [0.05, 0.1) is 12.5 Å². The fourth-order valence-corrected chi connectivity index (χ4v) is 4.00. The fraction of sp³-hybridized carbons (Fsp3) is 0.526. The molecule has 1 atom stereocenters. The van der Waals surface area contributed by atoms with Crippen molar-refractivity contribution in [1.29, 1.82) is 0 Å². The van der Waals surface area contributed by atoms with Crippen molar-refractivity contribution < 1.29 is 9.53 Å². The monoisotopic (exact) mass is 340 g/mol. The Bertz CT molecular complexity index is 740. The molecule has 6 heteroatoms. The van der Waals surface area contributed by atoms with Gasteiger partial charge < -0.3 is 10.5 Å². The Labute approximate surface area is 147 Å². The van der Waals surface area contributed by atoms with Crippen LogP contribution in [0.5, 0.6) is 0 Å². The number of hydrogen-bond donors (Lipinski definition) is 1. The summed E-state index contributed by atoms with van der Waals surface area (Å²) < 4.78 is 7.66. The number of carbonyl (C=O) groups is 1. The Morgan fingerprint density at radius 1 is 1.28 bits per heavy atom. The highest BCUT2D eigenvalue weighted by molar-refractivity contribution is 5.75. The van der Waals surface area contributed by atoms with Crippen LogP contribution in [0.15, 0.2) is 24.3 Å². The lowest BCUT2D eigenvalue weighted by Crippen LogP contribution is -2.22. The number of amides is 1. The van der Waals surface area contributed by atoms with E-state index in [0.717, 1.165) is 51.1 Å². The lowest BCUT2D eigenvalue weighted by Gasteiger charge is -2.22. The SMILES string of the molecule is NC(=O)Cc1nc(CC2CCCOC2)n(C2Cc3ccccc3C2)n1. The third-order valence-corrected chi connectivity index (χ3v) is 5.18. The van der Waals surface area contributed by atoms with Crippen molar-refractivity contribution in [3.63, 3.8) is 0 Å². The molecule has 1 unspecified atom stereocenters. The number of nitrogens with two attached hydrogens (primary N) is 1. The van der Waals surface area contributed by atoms with Gasteiger partial charge in [0.15, 0.2) is 5.82 Å². The molecule has 0 bridgehead atoms. The molecule has 132 valence electrons. The molecule has 1 aromatic heterocycles. The second kappa shape index (κ2) is 6.96. The Hall–Kier alpha value is -2.21. The minimum absolute atomic E-state index is 0.0981. The number of fused-ring (bicyclic) bond motifs is 1. The van der Waals surface area contributed by atoms with Crippen molar-refractivity contribution in [2.75, 3.05) is 13.2 Å². The first-order valence-electron chi connectivity index (χ1n) is 9.06. The van der Waals surface area contributed by atoms with Gasteiger partial charge in [0.1, 0.15) is 5.82 Å². The maximum atomic E-state index is 11.3. The molecular formula is C19H24N4O2. The standard InChI is InChI=1S/C19H24N4O2/c20-17(24)11-18-21-19(8-13-4-3-7-25-12-13)23(22-18)16-9-14-5-1-2-6-15(14)10-16/h1-2,5-6,13,16H,3-4,7-12H2,(H2,20,24). The van der Waals surface area contributed by atoms with Crippen LogP contribution in [0.1, 0.15) is 41.7 Å². The van der Waals surface area contributed by atoms with Gasteiger partial charge in [-0.25, -0.2) is 9.67 Å². The lowest BCUT2D eigenvalue weighted by molar-refractivity contribution is -0.117. The first-order chi connectivity index (χ1) is 12.2. The molecule has 0 saturated carbocycles. The van der Waals surface area contributed by atoms with Gasteiger partial charge in [-0.15, -0.1) is 0 Å². The number of aromatic nitrogens is 3. The summed E-state index contributed by atoms with van der Waals surface area (Å²) in [4.78, 5) is 15.9. The van der Waals surface area contributed by atoms with Gasteiger partial charge in [0.25, 0.3) is 0 Å². The molecule has 2 aromatic rings. The number of primary amides is 1. The van der Waals surface area contributed by atoms with Gasteiger partial charge in [-0.1, -0.05) is 24.3 Å². The smallest absolute Gasteiger partial charge is 0.225 e. The van der Waals surface area contributed by atoms with E-state index in [-0.39, 0.29) is 18.4 Å². The largest absolute Gasteiger partial charge is 0.381 e. The number of benzene rings is 1. The number of hydrogen-bond acceptors (Lipinski definition) is 4.